The maximum Gasteiger partial charge on any atom is 0.342 e. The zero-order chi connectivity index (χ0) is 23.3. The van der Waals surface area contributed by atoms with Crippen molar-refractivity contribution in [1.29, 1.82) is 0 Å². The predicted molar refractivity (Wildman–Crippen MR) is 115 cm³/mol. The van der Waals surface area contributed by atoms with Gasteiger partial charge in [0.25, 0.3) is 0 Å². The molecule has 7 heteroatoms. The fraction of sp³-hybridized carbons (Fsp3) is 0.680. The monoisotopic (exact) mass is 444 g/mol. The van der Waals surface area contributed by atoms with Crippen LogP contribution in [0.4, 0.5) is 0 Å². The Morgan fingerprint density at radius 1 is 1.03 bits per heavy atom. The number of cyclic esters (lactones) is 2. The Morgan fingerprint density at radius 3 is 2.44 bits per heavy atom. The molecule has 0 aromatic heterocycles. The molecule has 5 rings (SSSR count). The molecular formula is C25H32O7. The first-order valence-corrected chi connectivity index (χ1v) is 11.4. The molecule has 3 aliphatic heterocycles. The van der Waals surface area contributed by atoms with Crippen LogP contribution in [-0.4, -0.2) is 41.0 Å². The maximum absolute atomic E-state index is 12.5. The molecule has 2 fully saturated rings. The van der Waals surface area contributed by atoms with Crippen LogP contribution in [0, 0.1) is 18.3 Å². The average molecular weight is 445 g/mol. The molecule has 4 atom stereocenters. The highest BCUT2D eigenvalue weighted by Crippen LogP contribution is 2.64. The molecule has 0 unspecified atom stereocenters. The van der Waals surface area contributed by atoms with E-state index in [1.165, 1.54) is 0 Å². The van der Waals surface area contributed by atoms with Gasteiger partial charge < -0.3 is 24.1 Å². The van der Waals surface area contributed by atoms with Crippen molar-refractivity contribution in [2.24, 2.45) is 11.3 Å². The zero-order valence-electron chi connectivity index (χ0n) is 19.7. The van der Waals surface area contributed by atoms with Crippen molar-refractivity contribution in [3.8, 4) is 11.5 Å². The maximum atomic E-state index is 12.5. The van der Waals surface area contributed by atoms with Gasteiger partial charge in [0.05, 0.1) is 7.11 Å². The molecule has 1 aromatic carbocycles. The van der Waals surface area contributed by atoms with E-state index in [0.717, 1.165) is 22.4 Å². The van der Waals surface area contributed by atoms with E-state index in [0.29, 0.717) is 37.0 Å². The van der Waals surface area contributed by atoms with E-state index >= 15 is 0 Å². The number of fused-ring (bicyclic) bond motifs is 5. The summed E-state index contributed by atoms with van der Waals surface area (Å²) in [6, 6.07) is 0. The second-order valence-corrected chi connectivity index (χ2v) is 10.8. The lowest BCUT2D eigenvalue weighted by atomic mass is 9.47. The van der Waals surface area contributed by atoms with Gasteiger partial charge in [0.15, 0.2) is 0 Å². The van der Waals surface area contributed by atoms with Gasteiger partial charge in [-0.2, -0.15) is 0 Å². The first-order chi connectivity index (χ1) is 14.9. The summed E-state index contributed by atoms with van der Waals surface area (Å²) in [7, 11) is 1.56. The number of hydrogen-bond donors (Lipinski definition) is 1. The van der Waals surface area contributed by atoms with Crippen LogP contribution in [0.3, 0.4) is 0 Å². The van der Waals surface area contributed by atoms with Crippen LogP contribution in [0.5, 0.6) is 11.5 Å². The fourth-order valence-corrected chi connectivity index (χ4v) is 7.10. The quantitative estimate of drug-likeness (QED) is 0.662. The van der Waals surface area contributed by atoms with Crippen molar-refractivity contribution in [2.45, 2.75) is 90.1 Å². The second-order valence-electron chi connectivity index (χ2n) is 10.8. The van der Waals surface area contributed by atoms with Gasteiger partial charge in [-0.05, 0) is 58.9 Å². The lowest BCUT2D eigenvalue weighted by Crippen LogP contribution is -2.71. The molecule has 32 heavy (non-hydrogen) atoms. The number of hydrogen-bond acceptors (Lipinski definition) is 7. The van der Waals surface area contributed by atoms with E-state index in [-0.39, 0.29) is 30.9 Å². The lowest BCUT2D eigenvalue weighted by molar-refractivity contribution is -0.262. The molecule has 0 amide bonds. The highest BCUT2D eigenvalue weighted by molar-refractivity contribution is 5.98. The van der Waals surface area contributed by atoms with Crippen LogP contribution >= 0.6 is 0 Å². The first-order valence-electron chi connectivity index (χ1n) is 11.4. The summed E-state index contributed by atoms with van der Waals surface area (Å²) in [5.41, 5.74) is -0.380. The third-order valence-corrected chi connectivity index (χ3v) is 9.02. The normalized spacial score (nSPS) is 37.0. The summed E-state index contributed by atoms with van der Waals surface area (Å²) in [4.78, 5) is 24.9. The van der Waals surface area contributed by atoms with Crippen LogP contribution in [0.1, 0.15) is 80.4 Å². The van der Waals surface area contributed by atoms with Gasteiger partial charge >= 0.3 is 11.9 Å². The van der Waals surface area contributed by atoms with E-state index in [2.05, 4.69) is 13.8 Å². The van der Waals surface area contributed by atoms with Crippen molar-refractivity contribution >= 4 is 11.9 Å². The molecule has 7 nitrogen and oxygen atoms in total. The smallest absolute Gasteiger partial charge is 0.342 e. The number of carbonyl (C=O) groups excluding carboxylic acids is 2. The molecule has 1 N–H and O–H groups in total. The van der Waals surface area contributed by atoms with Gasteiger partial charge in [-0.3, -0.25) is 4.79 Å². The van der Waals surface area contributed by atoms with Crippen molar-refractivity contribution < 1.29 is 33.6 Å². The number of aliphatic hydroxyl groups is 1. The van der Waals surface area contributed by atoms with E-state index < -0.39 is 22.2 Å². The first kappa shape index (κ1) is 21.6. The van der Waals surface area contributed by atoms with Crippen molar-refractivity contribution in [3.05, 3.63) is 22.3 Å². The molecular weight excluding hydrogens is 412 g/mol. The number of carbonyl (C=O) groups is 2. The van der Waals surface area contributed by atoms with Gasteiger partial charge in [0.2, 0.25) is 0 Å². The second kappa shape index (κ2) is 6.40. The van der Waals surface area contributed by atoms with E-state index in [1.807, 2.05) is 20.8 Å². The molecule has 1 saturated carbocycles. The van der Waals surface area contributed by atoms with Gasteiger partial charge in [-0.1, -0.05) is 6.92 Å². The van der Waals surface area contributed by atoms with Gasteiger partial charge in [-0.15, -0.1) is 0 Å². The molecule has 0 bridgehead atoms. The Morgan fingerprint density at radius 2 is 1.75 bits per heavy atom. The van der Waals surface area contributed by atoms with Crippen molar-refractivity contribution in [1.82, 2.24) is 0 Å². The molecule has 1 aliphatic carbocycles. The standard InChI is InChI=1S/C25H32O7/c1-13-15-12-30-21(27)18(15)20(29-6)14-11-16-23(4)8-7-17(26)31-22(2,3)25(23,28)10-9-24(16,5)32-19(13)14/h16,28H,7-12H2,1-6H3/t16-,23-,24+,25-/m1/s1. The number of esters is 2. The molecule has 1 aromatic rings. The summed E-state index contributed by atoms with van der Waals surface area (Å²) < 4.78 is 23.6. The summed E-state index contributed by atoms with van der Waals surface area (Å²) in [6.07, 6.45) is 2.40. The number of rotatable bonds is 1. The highest BCUT2D eigenvalue weighted by atomic mass is 16.6. The minimum absolute atomic E-state index is 0.112. The third-order valence-electron chi connectivity index (χ3n) is 9.02. The molecule has 1 saturated heterocycles. The van der Waals surface area contributed by atoms with Crippen LogP contribution in [0.25, 0.3) is 0 Å². The number of ether oxygens (including phenoxy) is 4. The van der Waals surface area contributed by atoms with Gasteiger partial charge in [-0.25, -0.2) is 4.79 Å². The fourth-order valence-electron chi connectivity index (χ4n) is 7.10. The lowest BCUT2D eigenvalue weighted by Gasteiger charge is -2.63. The zero-order valence-corrected chi connectivity index (χ0v) is 19.7. The van der Waals surface area contributed by atoms with Crippen LogP contribution in [-0.2, 0) is 27.3 Å². The number of benzene rings is 1. The SMILES string of the molecule is COc1c2c(c(C)c3c1C(=O)OC3)O[C@@]1(C)CC[C@@]3(O)C(C)(C)OC(=O)CC[C@]3(C)[C@H]1C2. The molecule has 3 heterocycles. The van der Waals surface area contributed by atoms with Crippen LogP contribution < -0.4 is 9.47 Å². The Hall–Kier alpha value is -2.28. The largest absolute Gasteiger partial charge is 0.495 e. The average Bonchev–Trinajstić information content (AvgIpc) is 3.08. The highest BCUT2D eigenvalue weighted by Gasteiger charge is 2.69. The Balaban J connectivity index is 1.70. The van der Waals surface area contributed by atoms with E-state index in [9.17, 15) is 14.7 Å². The third kappa shape index (κ3) is 2.46. The molecule has 0 spiro atoms. The summed E-state index contributed by atoms with van der Waals surface area (Å²) in [6.45, 7) is 9.97. The Labute approximate surface area is 188 Å². The van der Waals surface area contributed by atoms with Crippen molar-refractivity contribution in [2.75, 3.05) is 7.11 Å². The Kier molecular flexibility index (Phi) is 4.31. The summed E-state index contributed by atoms with van der Waals surface area (Å²) in [5, 5.41) is 12.1. The molecule has 0 radical (unpaired) electrons. The van der Waals surface area contributed by atoms with E-state index in [4.69, 9.17) is 18.9 Å². The van der Waals surface area contributed by atoms with Gasteiger partial charge in [0.1, 0.15) is 40.5 Å². The summed E-state index contributed by atoms with van der Waals surface area (Å²) in [5.74, 6) is 0.484. The number of methoxy groups -OCH3 is 1. The topological polar surface area (TPSA) is 91.3 Å². The van der Waals surface area contributed by atoms with Crippen molar-refractivity contribution in [3.63, 3.8) is 0 Å². The molecule has 174 valence electrons. The predicted octanol–water partition coefficient (Wildman–Crippen LogP) is 3.63. The van der Waals surface area contributed by atoms with Gasteiger partial charge in [0, 0.05) is 28.9 Å². The molecule has 4 aliphatic rings. The minimum atomic E-state index is -1.21. The summed E-state index contributed by atoms with van der Waals surface area (Å²) >= 11 is 0. The van der Waals surface area contributed by atoms with E-state index in [1.54, 1.807) is 7.11 Å². The van der Waals surface area contributed by atoms with Crippen LogP contribution in [0.15, 0.2) is 0 Å². The Bertz CT molecular complexity index is 1040. The van der Waals surface area contributed by atoms with Crippen LogP contribution in [0.2, 0.25) is 0 Å². The minimum Gasteiger partial charge on any atom is -0.495 e.